The number of hydrogen-bond acceptors (Lipinski definition) is 4. The molecule has 1 aromatic rings. The third kappa shape index (κ3) is 3.10. The van der Waals surface area contributed by atoms with Crippen molar-refractivity contribution in [2.45, 2.75) is 25.9 Å². The molecule has 0 radical (unpaired) electrons. The van der Waals surface area contributed by atoms with Gasteiger partial charge in [0.05, 0.1) is 12.7 Å². The Bertz CT molecular complexity index is 508. The summed E-state index contributed by atoms with van der Waals surface area (Å²) < 4.78 is 23.8. The number of halogens is 1. The Balaban J connectivity index is 2.15. The molecule has 0 heterocycles. The second kappa shape index (κ2) is 5.38. The van der Waals surface area contributed by atoms with Gasteiger partial charge in [0.15, 0.2) is 11.9 Å². The van der Waals surface area contributed by atoms with E-state index in [0.717, 1.165) is 18.9 Å². The van der Waals surface area contributed by atoms with E-state index in [9.17, 15) is 14.0 Å². The first-order valence-electron chi connectivity index (χ1n) is 6.08. The lowest BCUT2D eigenvalue weighted by Crippen LogP contribution is -2.30. The van der Waals surface area contributed by atoms with E-state index >= 15 is 0 Å². The summed E-state index contributed by atoms with van der Waals surface area (Å²) in [6.45, 7) is 1.29. The van der Waals surface area contributed by atoms with Crippen LogP contribution in [-0.2, 0) is 9.53 Å². The molecule has 4 nitrogen and oxygen atoms in total. The van der Waals surface area contributed by atoms with Gasteiger partial charge in [0.2, 0.25) is 0 Å². The maximum Gasteiger partial charge on any atom is 0.347 e. The van der Waals surface area contributed by atoms with Crippen LogP contribution >= 0.6 is 0 Å². The second-order valence-electron chi connectivity index (χ2n) is 4.60. The summed E-state index contributed by atoms with van der Waals surface area (Å²) in [5, 5.41) is 0. The van der Waals surface area contributed by atoms with Crippen molar-refractivity contribution in [3.63, 3.8) is 0 Å². The van der Waals surface area contributed by atoms with Gasteiger partial charge >= 0.3 is 5.97 Å². The van der Waals surface area contributed by atoms with E-state index in [4.69, 9.17) is 4.74 Å². The lowest BCUT2D eigenvalue weighted by atomic mass is 10.1. The number of ketones is 1. The summed E-state index contributed by atoms with van der Waals surface area (Å²) in [4.78, 5) is 22.7. The summed E-state index contributed by atoms with van der Waals surface area (Å²) in [5.41, 5.74) is 0.00777. The van der Waals surface area contributed by atoms with Crippen molar-refractivity contribution in [2.75, 3.05) is 7.11 Å². The van der Waals surface area contributed by atoms with Gasteiger partial charge in [0.1, 0.15) is 11.6 Å². The van der Waals surface area contributed by atoms with Crippen LogP contribution in [0, 0.1) is 11.7 Å². The normalized spacial score (nSPS) is 15.7. The van der Waals surface area contributed by atoms with Gasteiger partial charge < -0.3 is 9.47 Å². The molecule has 19 heavy (non-hydrogen) atoms. The van der Waals surface area contributed by atoms with Crippen molar-refractivity contribution in [1.82, 2.24) is 0 Å². The zero-order chi connectivity index (χ0) is 14.0. The Morgan fingerprint density at radius 1 is 1.37 bits per heavy atom. The predicted molar refractivity (Wildman–Crippen MR) is 65.6 cm³/mol. The van der Waals surface area contributed by atoms with Crippen molar-refractivity contribution in [1.29, 1.82) is 0 Å². The summed E-state index contributed by atoms with van der Waals surface area (Å²) in [7, 11) is 1.29. The number of carbonyl (C=O) groups is 2. The molecule has 0 bridgehead atoms. The van der Waals surface area contributed by atoms with Gasteiger partial charge in [0, 0.05) is 12.0 Å². The Labute approximate surface area is 110 Å². The Morgan fingerprint density at radius 2 is 2.05 bits per heavy atom. The minimum atomic E-state index is -0.701. The van der Waals surface area contributed by atoms with Gasteiger partial charge in [-0.2, -0.15) is 0 Å². The van der Waals surface area contributed by atoms with Crippen LogP contribution in [0.4, 0.5) is 4.39 Å². The van der Waals surface area contributed by atoms with E-state index in [1.807, 2.05) is 0 Å². The molecular weight excluding hydrogens is 251 g/mol. The molecular formula is C14H15FO4. The number of Topliss-reactive ketones (excluding diaryl/α,β-unsaturated/α-hetero) is 1. The molecule has 0 amide bonds. The highest BCUT2D eigenvalue weighted by Gasteiger charge is 2.39. The monoisotopic (exact) mass is 266 g/mol. The molecule has 2 rings (SSSR count). The van der Waals surface area contributed by atoms with E-state index in [1.54, 1.807) is 0 Å². The number of ether oxygens (including phenoxy) is 2. The summed E-state index contributed by atoms with van der Waals surface area (Å²) in [6, 6.07) is 3.96. The number of esters is 1. The summed E-state index contributed by atoms with van der Waals surface area (Å²) in [5.74, 6) is -1.11. The number of rotatable bonds is 5. The molecule has 1 unspecified atom stereocenters. The van der Waals surface area contributed by atoms with Crippen molar-refractivity contribution in [2.24, 2.45) is 5.92 Å². The molecule has 1 saturated carbocycles. The van der Waals surface area contributed by atoms with Gasteiger partial charge in [-0.1, -0.05) is 0 Å². The van der Waals surface area contributed by atoms with E-state index in [1.165, 1.54) is 26.2 Å². The van der Waals surface area contributed by atoms with Crippen LogP contribution in [0.15, 0.2) is 18.2 Å². The van der Waals surface area contributed by atoms with E-state index in [0.29, 0.717) is 0 Å². The van der Waals surface area contributed by atoms with Crippen molar-refractivity contribution in [3.05, 3.63) is 29.6 Å². The van der Waals surface area contributed by atoms with Crippen LogP contribution in [0.1, 0.15) is 30.1 Å². The minimum Gasteiger partial charge on any atom is -0.478 e. The fourth-order valence-corrected chi connectivity index (χ4v) is 1.85. The molecule has 5 heteroatoms. The third-order valence-corrected chi connectivity index (χ3v) is 3.07. The zero-order valence-electron chi connectivity index (χ0n) is 10.8. The van der Waals surface area contributed by atoms with Gasteiger partial charge in [-0.3, -0.25) is 4.79 Å². The average molecular weight is 266 g/mol. The highest BCUT2D eigenvalue weighted by molar-refractivity contribution is 5.94. The largest absolute Gasteiger partial charge is 0.478 e. The van der Waals surface area contributed by atoms with Gasteiger partial charge in [-0.05, 0) is 31.9 Å². The van der Waals surface area contributed by atoms with Crippen LogP contribution in [0.25, 0.3) is 0 Å². The molecule has 1 atom stereocenters. The Kier molecular flexibility index (Phi) is 3.83. The molecule has 0 aromatic heterocycles. The van der Waals surface area contributed by atoms with Crippen molar-refractivity contribution >= 4 is 11.8 Å². The predicted octanol–water partition coefficient (Wildman–Crippen LogP) is 2.36. The number of methoxy groups -OCH3 is 1. The highest BCUT2D eigenvalue weighted by Crippen LogP contribution is 2.35. The molecule has 0 aliphatic heterocycles. The van der Waals surface area contributed by atoms with Crippen LogP contribution in [-0.4, -0.2) is 25.0 Å². The van der Waals surface area contributed by atoms with Gasteiger partial charge in [-0.15, -0.1) is 0 Å². The minimum absolute atomic E-state index is 0.00777. The standard InChI is InChI=1S/C14H15FO4/c1-8(16)11-6-5-10(7-12(11)15)19-13(9-3-4-9)14(17)18-2/h5-7,9,13H,3-4H2,1-2H3. The molecule has 102 valence electrons. The van der Waals surface area contributed by atoms with Crippen LogP contribution in [0.5, 0.6) is 5.75 Å². The molecule has 0 saturated heterocycles. The molecule has 1 aliphatic carbocycles. The molecule has 1 aliphatic rings. The van der Waals surface area contributed by atoms with Crippen LogP contribution < -0.4 is 4.74 Å². The quantitative estimate of drug-likeness (QED) is 0.606. The van der Waals surface area contributed by atoms with E-state index < -0.39 is 17.9 Å². The Hall–Kier alpha value is -1.91. The molecule has 1 aromatic carbocycles. The zero-order valence-corrected chi connectivity index (χ0v) is 10.8. The Morgan fingerprint density at radius 3 is 2.53 bits per heavy atom. The maximum absolute atomic E-state index is 13.6. The molecule has 0 spiro atoms. The second-order valence-corrected chi connectivity index (χ2v) is 4.60. The van der Waals surface area contributed by atoms with Gasteiger partial charge in [-0.25, -0.2) is 9.18 Å². The first-order chi connectivity index (χ1) is 9.02. The lowest BCUT2D eigenvalue weighted by molar-refractivity contribution is -0.149. The fourth-order valence-electron chi connectivity index (χ4n) is 1.85. The van der Waals surface area contributed by atoms with Crippen LogP contribution in [0.2, 0.25) is 0 Å². The summed E-state index contributed by atoms with van der Waals surface area (Å²) >= 11 is 0. The SMILES string of the molecule is COC(=O)C(Oc1ccc(C(C)=O)c(F)c1)C1CC1. The van der Waals surface area contributed by atoms with Crippen molar-refractivity contribution < 1.29 is 23.5 Å². The average Bonchev–Trinajstić information content (AvgIpc) is 3.19. The molecule has 1 fully saturated rings. The smallest absolute Gasteiger partial charge is 0.347 e. The van der Waals surface area contributed by atoms with Gasteiger partial charge in [0.25, 0.3) is 0 Å². The maximum atomic E-state index is 13.6. The topological polar surface area (TPSA) is 52.6 Å². The fraction of sp³-hybridized carbons (Fsp3) is 0.429. The van der Waals surface area contributed by atoms with Crippen molar-refractivity contribution in [3.8, 4) is 5.75 Å². The number of hydrogen-bond donors (Lipinski definition) is 0. The molecule has 0 N–H and O–H groups in total. The van der Waals surface area contributed by atoms with E-state index in [-0.39, 0.29) is 23.0 Å². The first kappa shape index (κ1) is 13.5. The number of carbonyl (C=O) groups excluding carboxylic acids is 2. The van der Waals surface area contributed by atoms with E-state index in [2.05, 4.69) is 4.74 Å². The highest BCUT2D eigenvalue weighted by atomic mass is 19.1. The number of benzene rings is 1. The van der Waals surface area contributed by atoms with Crippen LogP contribution in [0.3, 0.4) is 0 Å². The summed E-state index contributed by atoms with van der Waals surface area (Å²) in [6.07, 6.45) is 1.09. The first-order valence-corrected chi connectivity index (χ1v) is 6.08. The lowest BCUT2D eigenvalue weighted by Gasteiger charge is -2.16. The third-order valence-electron chi connectivity index (χ3n) is 3.07.